The molecule has 0 bridgehead atoms. The van der Waals surface area contributed by atoms with Gasteiger partial charge in [0.25, 0.3) is 5.91 Å². The molecular weight excluding hydrogens is 326 g/mol. The minimum atomic E-state index is -0.449. The summed E-state index contributed by atoms with van der Waals surface area (Å²) in [4.78, 5) is 12.2. The van der Waals surface area contributed by atoms with Gasteiger partial charge in [0.15, 0.2) is 11.5 Å². The second-order valence-corrected chi connectivity index (χ2v) is 5.72. The van der Waals surface area contributed by atoms with Crippen LogP contribution in [0.4, 0.5) is 8.78 Å². The van der Waals surface area contributed by atoms with E-state index < -0.39 is 11.7 Å². The Hall–Kier alpha value is -3.02. The first-order valence-corrected chi connectivity index (χ1v) is 7.80. The lowest BCUT2D eigenvalue weighted by atomic mass is 10.0. The van der Waals surface area contributed by atoms with Crippen molar-refractivity contribution in [3.8, 4) is 11.3 Å². The molecule has 0 aliphatic carbocycles. The molecule has 1 aromatic heterocycles. The summed E-state index contributed by atoms with van der Waals surface area (Å²) in [5.74, 6) is -0.976. The Morgan fingerprint density at radius 1 is 1.16 bits per heavy atom. The number of carbonyl (C=O) groups is 1. The molecule has 1 unspecified atom stereocenters. The van der Waals surface area contributed by atoms with E-state index in [0.717, 1.165) is 5.56 Å². The van der Waals surface area contributed by atoms with Crippen molar-refractivity contribution < 1.29 is 18.1 Å². The Balaban J connectivity index is 1.64. The van der Waals surface area contributed by atoms with Crippen LogP contribution in [0.2, 0.25) is 0 Å². The molecule has 4 nitrogen and oxygen atoms in total. The summed E-state index contributed by atoms with van der Waals surface area (Å²) in [7, 11) is 0. The van der Waals surface area contributed by atoms with E-state index >= 15 is 0 Å². The van der Waals surface area contributed by atoms with Crippen molar-refractivity contribution in [2.45, 2.75) is 12.8 Å². The first-order chi connectivity index (χ1) is 12.0. The number of carbonyl (C=O) groups excluding carboxylic acids is 1. The normalized spacial score (nSPS) is 12.0. The van der Waals surface area contributed by atoms with Crippen LogP contribution in [0.25, 0.3) is 11.3 Å². The predicted octanol–water partition coefficient (Wildman–Crippen LogP) is 4.15. The molecule has 1 atom stereocenters. The van der Waals surface area contributed by atoms with Gasteiger partial charge in [0, 0.05) is 12.6 Å². The molecule has 0 fully saturated rings. The first-order valence-electron chi connectivity index (χ1n) is 7.80. The summed E-state index contributed by atoms with van der Waals surface area (Å²) in [6.07, 6.45) is 0. The van der Waals surface area contributed by atoms with Crippen LogP contribution in [0.1, 0.15) is 28.9 Å². The average Bonchev–Trinajstić information content (AvgIpc) is 3.10. The number of nitrogens with one attached hydrogen (secondary N) is 1. The number of hydrogen-bond donors (Lipinski definition) is 1. The third-order valence-corrected chi connectivity index (χ3v) is 3.89. The van der Waals surface area contributed by atoms with E-state index in [1.54, 1.807) is 30.3 Å². The Morgan fingerprint density at radius 3 is 2.60 bits per heavy atom. The number of benzene rings is 2. The van der Waals surface area contributed by atoms with Gasteiger partial charge in [-0.15, -0.1) is 0 Å². The standard InChI is InChI=1S/C19H16F2N2O2/c1-12(13-6-8-14(20)9-7-13)11-22-19(24)17-10-18(25-23-17)15-4-2-3-5-16(15)21/h2-10,12H,11H2,1H3,(H,22,24). The van der Waals surface area contributed by atoms with Crippen LogP contribution in [-0.2, 0) is 0 Å². The van der Waals surface area contributed by atoms with Gasteiger partial charge in [-0.25, -0.2) is 8.78 Å². The number of rotatable bonds is 5. The SMILES string of the molecule is CC(CNC(=O)c1cc(-c2ccccc2F)on1)c1ccc(F)cc1. The molecule has 0 spiro atoms. The Labute approximate surface area is 143 Å². The smallest absolute Gasteiger partial charge is 0.273 e. The van der Waals surface area contributed by atoms with E-state index in [2.05, 4.69) is 10.5 Å². The largest absolute Gasteiger partial charge is 0.355 e. The molecule has 0 aliphatic heterocycles. The Kier molecular flexibility index (Phi) is 4.88. The maximum atomic E-state index is 13.7. The molecule has 3 aromatic rings. The van der Waals surface area contributed by atoms with Gasteiger partial charge in [-0.1, -0.05) is 36.3 Å². The monoisotopic (exact) mass is 342 g/mol. The summed E-state index contributed by atoms with van der Waals surface area (Å²) in [5, 5.41) is 6.43. The van der Waals surface area contributed by atoms with Gasteiger partial charge in [-0.2, -0.15) is 0 Å². The highest BCUT2D eigenvalue weighted by molar-refractivity contribution is 5.93. The molecule has 0 saturated heterocycles. The first kappa shape index (κ1) is 16.8. The summed E-state index contributed by atoms with van der Waals surface area (Å²) in [6, 6.07) is 13.6. The predicted molar refractivity (Wildman–Crippen MR) is 89.0 cm³/mol. The summed E-state index contributed by atoms with van der Waals surface area (Å²) in [5.41, 5.74) is 1.23. The van der Waals surface area contributed by atoms with Gasteiger partial charge in [-0.05, 0) is 35.7 Å². The average molecular weight is 342 g/mol. The molecule has 1 amide bonds. The lowest BCUT2D eigenvalue weighted by Gasteiger charge is -2.12. The maximum Gasteiger partial charge on any atom is 0.273 e. The van der Waals surface area contributed by atoms with Crippen LogP contribution < -0.4 is 5.32 Å². The van der Waals surface area contributed by atoms with Gasteiger partial charge in [0.05, 0.1) is 5.56 Å². The molecule has 0 aliphatic rings. The van der Waals surface area contributed by atoms with Crippen LogP contribution in [0, 0.1) is 11.6 Å². The highest BCUT2D eigenvalue weighted by Gasteiger charge is 2.16. The summed E-state index contributed by atoms with van der Waals surface area (Å²) in [6.45, 7) is 2.27. The second kappa shape index (κ2) is 7.25. The van der Waals surface area contributed by atoms with E-state index in [4.69, 9.17) is 4.52 Å². The molecule has 6 heteroatoms. The zero-order valence-electron chi connectivity index (χ0n) is 13.5. The van der Waals surface area contributed by atoms with Crippen molar-refractivity contribution in [1.29, 1.82) is 0 Å². The third kappa shape index (κ3) is 3.91. The zero-order valence-corrected chi connectivity index (χ0v) is 13.5. The number of nitrogens with zero attached hydrogens (tertiary/aromatic N) is 1. The highest BCUT2D eigenvalue weighted by atomic mass is 19.1. The third-order valence-electron chi connectivity index (χ3n) is 3.89. The lowest BCUT2D eigenvalue weighted by molar-refractivity contribution is 0.0942. The quantitative estimate of drug-likeness (QED) is 0.758. The molecule has 0 radical (unpaired) electrons. The van der Waals surface area contributed by atoms with Gasteiger partial charge < -0.3 is 9.84 Å². The molecule has 1 N–H and O–H groups in total. The molecular formula is C19H16F2N2O2. The fourth-order valence-corrected chi connectivity index (χ4v) is 2.42. The van der Waals surface area contributed by atoms with Crippen molar-refractivity contribution in [2.24, 2.45) is 0 Å². The Bertz CT molecular complexity index is 875. The molecule has 128 valence electrons. The van der Waals surface area contributed by atoms with E-state index in [1.807, 2.05) is 6.92 Å². The van der Waals surface area contributed by atoms with Crippen LogP contribution in [0.5, 0.6) is 0 Å². The van der Waals surface area contributed by atoms with E-state index in [9.17, 15) is 13.6 Å². The van der Waals surface area contributed by atoms with Crippen molar-refractivity contribution >= 4 is 5.91 Å². The second-order valence-electron chi connectivity index (χ2n) is 5.72. The fraction of sp³-hybridized carbons (Fsp3) is 0.158. The number of halogens is 2. The van der Waals surface area contributed by atoms with Crippen LogP contribution in [0.15, 0.2) is 59.1 Å². The minimum Gasteiger partial charge on any atom is -0.355 e. The molecule has 1 heterocycles. The van der Waals surface area contributed by atoms with Crippen molar-refractivity contribution in [2.75, 3.05) is 6.54 Å². The van der Waals surface area contributed by atoms with Crippen molar-refractivity contribution in [3.63, 3.8) is 0 Å². The number of hydrogen-bond acceptors (Lipinski definition) is 3. The molecule has 3 rings (SSSR count). The summed E-state index contributed by atoms with van der Waals surface area (Å²) < 4.78 is 31.7. The van der Waals surface area contributed by atoms with E-state index in [-0.39, 0.29) is 28.8 Å². The van der Waals surface area contributed by atoms with Gasteiger partial charge in [0.2, 0.25) is 0 Å². The van der Waals surface area contributed by atoms with Crippen molar-refractivity contribution in [3.05, 3.63) is 77.5 Å². The number of amides is 1. The maximum absolute atomic E-state index is 13.7. The molecule has 0 saturated carbocycles. The van der Waals surface area contributed by atoms with Gasteiger partial charge >= 0.3 is 0 Å². The summed E-state index contributed by atoms with van der Waals surface area (Å²) >= 11 is 0. The highest BCUT2D eigenvalue weighted by Crippen LogP contribution is 2.23. The van der Waals surface area contributed by atoms with Crippen LogP contribution in [0.3, 0.4) is 0 Å². The van der Waals surface area contributed by atoms with Gasteiger partial charge in [-0.3, -0.25) is 4.79 Å². The van der Waals surface area contributed by atoms with Crippen LogP contribution >= 0.6 is 0 Å². The fourth-order valence-electron chi connectivity index (χ4n) is 2.42. The topological polar surface area (TPSA) is 55.1 Å². The molecule has 25 heavy (non-hydrogen) atoms. The molecule has 2 aromatic carbocycles. The van der Waals surface area contributed by atoms with Crippen LogP contribution in [-0.4, -0.2) is 17.6 Å². The van der Waals surface area contributed by atoms with Crippen molar-refractivity contribution in [1.82, 2.24) is 10.5 Å². The number of aromatic nitrogens is 1. The Morgan fingerprint density at radius 2 is 1.88 bits per heavy atom. The zero-order chi connectivity index (χ0) is 17.8. The van der Waals surface area contributed by atoms with E-state index in [1.165, 1.54) is 24.3 Å². The lowest BCUT2D eigenvalue weighted by Crippen LogP contribution is -2.27. The van der Waals surface area contributed by atoms with E-state index in [0.29, 0.717) is 6.54 Å². The minimum absolute atomic E-state index is 0.00230. The van der Waals surface area contributed by atoms with Gasteiger partial charge in [0.1, 0.15) is 11.6 Å².